The first-order valence-electron chi connectivity index (χ1n) is 10.3. The van der Waals surface area contributed by atoms with E-state index in [1.807, 2.05) is 60.8 Å². The molecule has 2 aromatic heterocycles. The second-order valence-corrected chi connectivity index (χ2v) is 7.58. The lowest BCUT2D eigenvalue weighted by atomic mass is 10.2. The summed E-state index contributed by atoms with van der Waals surface area (Å²) < 4.78 is 11.9. The SMILES string of the molecule is c1cc2cc(Oc3ccc4ccc(OCCCN5CCCC5)cc4n3)ccc2[nH]1. The molecule has 0 saturated carbocycles. The van der Waals surface area contributed by atoms with Crippen LogP contribution in [0.4, 0.5) is 0 Å². The lowest BCUT2D eigenvalue weighted by Gasteiger charge is -2.14. The minimum Gasteiger partial charge on any atom is -0.493 e. The molecule has 3 heterocycles. The van der Waals surface area contributed by atoms with Crippen molar-refractivity contribution < 1.29 is 9.47 Å². The van der Waals surface area contributed by atoms with Crippen LogP contribution in [0.1, 0.15) is 19.3 Å². The second-order valence-electron chi connectivity index (χ2n) is 7.58. The highest BCUT2D eigenvalue weighted by Gasteiger charge is 2.10. The molecular weight excluding hydrogens is 362 g/mol. The van der Waals surface area contributed by atoms with Crippen molar-refractivity contribution in [1.82, 2.24) is 14.9 Å². The number of ether oxygens (including phenoxy) is 2. The quantitative estimate of drug-likeness (QED) is 0.433. The molecule has 0 spiro atoms. The largest absolute Gasteiger partial charge is 0.493 e. The molecule has 29 heavy (non-hydrogen) atoms. The first-order chi connectivity index (χ1) is 14.3. The Morgan fingerprint density at radius 1 is 0.897 bits per heavy atom. The van der Waals surface area contributed by atoms with Crippen molar-refractivity contribution in [3.05, 3.63) is 60.8 Å². The summed E-state index contributed by atoms with van der Waals surface area (Å²) in [6.45, 7) is 4.32. The Hall–Kier alpha value is -3.05. The molecule has 1 fully saturated rings. The summed E-state index contributed by atoms with van der Waals surface area (Å²) in [5.74, 6) is 2.22. The maximum Gasteiger partial charge on any atom is 0.219 e. The molecule has 2 aromatic carbocycles. The minimum absolute atomic E-state index is 0.582. The van der Waals surface area contributed by atoms with E-state index in [0.717, 1.165) is 52.9 Å². The van der Waals surface area contributed by atoms with E-state index < -0.39 is 0 Å². The summed E-state index contributed by atoms with van der Waals surface area (Å²) in [7, 11) is 0. The summed E-state index contributed by atoms with van der Waals surface area (Å²) in [5, 5.41) is 2.19. The predicted molar refractivity (Wildman–Crippen MR) is 116 cm³/mol. The standard InChI is InChI=1S/C24H25N3O2/c1-2-13-27(12-1)14-3-15-28-20-6-4-18-5-9-24(26-23(18)17-20)29-21-7-8-22-19(16-21)10-11-25-22/h4-11,16-17,25H,1-3,12-15H2. The maximum absolute atomic E-state index is 5.99. The Balaban J connectivity index is 1.25. The van der Waals surface area contributed by atoms with Crippen molar-refractivity contribution in [2.75, 3.05) is 26.2 Å². The molecule has 1 N–H and O–H groups in total. The zero-order valence-electron chi connectivity index (χ0n) is 16.4. The van der Waals surface area contributed by atoms with Gasteiger partial charge in [0, 0.05) is 41.2 Å². The van der Waals surface area contributed by atoms with Gasteiger partial charge in [0.25, 0.3) is 0 Å². The molecule has 1 aliphatic heterocycles. The number of aromatic amines is 1. The second kappa shape index (κ2) is 8.13. The number of pyridine rings is 1. The molecule has 148 valence electrons. The Morgan fingerprint density at radius 2 is 1.76 bits per heavy atom. The highest BCUT2D eigenvalue weighted by atomic mass is 16.5. The number of hydrogen-bond acceptors (Lipinski definition) is 4. The van der Waals surface area contributed by atoms with Gasteiger partial charge in [-0.3, -0.25) is 0 Å². The van der Waals surface area contributed by atoms with E-state index >= 15 is 0 Å². The monoisotopic (exact) mass is 387 g/mol. The number of nitrogens with zero attached hydrogens (tertiary/aromatic N) is 2. The number of fused-ring (bicyclic) bond motifs is 2. The molecule has 4 aromatic rings. The summed E-state index contributed by atoms with van der Waals surface area (Å²) >= 11 is 0. The van der Waals surface area contributed by atoms with E-state index in [1.54, 1.807) is 0 Å². The fraction of sp³-hybridized carbons (Fsp3) is 0.292. The highest BCUT2D eigenvalue weighted by molar-refractivity contribution is 5.82. The van der Waals surface area contributed by atoms with E-state index in [9.17, 15) is 0 Å². The Morgan fingerprint density at radius 3 is 2.69 bits per heavy atom. The third kappa shape index (κ3) is 4.20. The van der Waals surface area contributed by atoms with E-state index in [0.29, 0.717) is 5.88 Å². The molecule has 0 bridgehead atoms. The molecule has 0 radical (unpaired) electrons. The van der Waals surface area contributed by atoms with E-state index in [1.165, 1.54) is 25.9 Å². The van der Waals surface area contributed by atoms with Crippen molar-refractivity contribution in [1.29, 1.82) is 0 Å². The maximum atomic E-state index is 5.99. The number of rotatable bonds is 7. The first kappa shape index (κ1) is 18.0. The average Bonchev–Trinajstić information content (AvgIpc) is 3.42. The van der Waals surface area contributed by atoms with Crippen LogP contribution in [0.25, 0.3) is 21.8 Å². The van der Waals surface area contributed by atoms with Gasteiger partial charge in [0.2, 0.25) is 5.88 Å². The third-order valence-electron chi connectivity index (χ3n) is 5.47. The highest BCUT2D eigenvalue weighted by Crippen LogP contribution is 2.27. The zero-order valence-corrected chi connectivity index (χ0v) is 16.4. The van der Waals surface area contributed by atoms with Gasteiger partial charge < -0.3 is 19.4 Å². The lowest BCUT2D eigenvalue weighted by Crippen LogP contribution is -2.21. The van der Waals surface area contributed by atoms with Crippen LogP contribution >= 0.6 is 0 Å². The molecule has 5 rings (SSSR count). The smallest absolute Gasteiger partial charge is 0.219 e. The molecule has 1 saturated heterocycles. The van der Waals surface area contributed by atoms with Gasteiger partial charge in [0.15, 0.2) is 0 Å². The summed E-state index contributed by atoms with van der Waals surface area (Å²) in [4.78, 5) is 10.4. The van der Waals surface area contributed by atoms with Crippen LogP contribution in [0.5, 0.6) is 17.4 Å². The fourth-order valence-corrected chi connectivity index (χ4v) is 3.92. The average molecular weight is 387 g/mol. The molecule has 0 unspecified atom stereocenters. The van der Waals surface area contributed by atoms with Crippen LogP contribution in [0.15, 0.2) is 60.8 Å². The zero-order chi connectivity index (χ0) is 19.5. The number of hydrogen-bond donors (Lipinski definition) is 1. The van der Waals surface area contributed by atoms with Gasteiger partial charge in [0.05, 0.1) is 12.1 Å². The Labute approximate surface area is 170 Å². The number of aromatic nitrogens is 2. The van der Waals surface area contributed by atoms with Crippen LogP contribution in [-0.2, 0) is 0 Å². The fourth-order valence-electron chi connectivity index (χ4n) is 3.92. The van der Waals surface area contributed by atoms with Gasteiger partial charge in [0.1, 0.15) is 11.5 Å². The van der Waals surface area contributed by atoms with Gasteiger partial charge in [-0.2, -0.15) is 0 Å². The van der Waals surface area contributed by atoms with Gasteiger partial charge >= 0.3 is 0 Å². The molecule has 0 aliphatic carbocycles. The minimum atomic E-state index is 0.582. The van der Waals surface area contributed by atoms with E-state index in [2.05, 4.69) is 14.9 Å². The van der Waals surface area contributed by atoms with Crippen molar-refractivity contribution in [2.24, 2.45) is 0 Å². The Bertz CT molecular complexity index is 1120. The number of likely N-dealkylation sites (tertiary alicyclic amines) is 1. The molecule has 0 atom stereocenters. The van der Waals surface area contributed by atoms with Crippen molar-refractivity contribution >= 4 is 21.8 Å². The van der Waals surface area contributed by atoms with E-state index in [-0.39, 0.29) is 0 Å². The number of H-pyrrole nitrogens is 1. The summed E-state index contributed by atoms with van der Waals surface area (Å²) in [6.07, 6.45) is 5.65. The summed E-state index contributed by atoms with van der Waals surface area (Å²) in [5.41, 5.74) is 1.97. The molecule has 5 nitrogen and oxygen atoms in total. The van der Waals surface area contributed by atoms with Crippen LogP contribution in [0.2, 0.25) is 0 Å². The summed E-state index contributed by atoms with van der Waals surface area (Å²) in [6, 6.07) is 18.0. The molecular formula is C24H25N3O2. The van der Waals surface area contributed by atoms with Crippen molar-refractivity contribution in [3.63, 3.8) is 0 Å². The van der Waals surface area contributed by atoms with Crippen LogP contribution in [-0.4, -0.2) is 41.1 Å². The van der Waals surface area contributed by atoms with Crippen LogP contribution in [0.3, 0.4) is 0 Å². The van der Waals surface area contributed by atoms with Crippen LogP contribution in [0, 0.1) is 0 Å². The predicted octanol–water partition coefficient (Wildman–Crippen LogP) is 5.37. The number of benzene rings is 2. The van der Waals surface area contributed by atoms with Gasteiger partial charge in [-0.05, 0) is 74.8 Å². The lowest BCUT2D eigenvalue weighted by molar-refractivity contribution is 0.263. The Kier molecular flexibility index (Phi) is 5.05. The number of nitrogens with one attached hydrogen (secondary N) is 1. The van der Waals surface area contributed by atoms with Gasteiger partial charge in [-0.25, -0.2) is 4.98 Å². The van der Waals surface area contributed by atoms with E-state index in [4.69, 9.17) is 9.47 Å². The van der Waals surface area contributed by atoms with Crippen molar-refractivity contribution in [3.8, 4) is 17.4 Å². The molecule has 1 aliphatic rings. The van der Waals surface area contributed by atoms with Crippen LogP contribution < -0.4 is 9.47 Å². The first-order valence-corrected chi connectivity index (χ1v) is 10.3. The van der Waals surface area contributed by atoms with Gasteiger partial charge in [-0.15, -0.1) is 0 Å². The molecule has 5 heteroatoms. The third-order valence-corrected chi connectivity index (χ3v) is 5.47. The normalized spacial score (nSPS) is 14.6. The van der Waals surface area contributed by atoms with Crippen molar-refractivity contribution in [2.45, 2.75) is 19.3 Å². The van der Waals surface area contributed by atoms with Gasteiger partial charge in [-0.1, -0.05) is 0 Å². The topological polar surface area (TPSA) is 50.4 Å². The molecule has 0 amide bonds.